The van der Waals surface area contributed by atoms with Crippen LogP contribution in [0.3, 0.4) is 0 Å². The predicted octanol–water partition coefficient (Wildman–Crippen LogP) is 2.71. The van der Waals surface area contributed by atoms with Gasteiger partial charge < -0.3 is 4.90 Å². The third-order valence-corrected chi connectivity index (χ3v) is 5.09. The SMILES string of the molecule is O=C(c1ccccc1)N1CCC[C@@H]1Cn1nnc(-c2cccs2)n1. The maximum atomic E-state index is 12.7. The first-order valence-electron chi connectivity index (χ1n) is 7.99. The molecule has 122 valence electrons. The number of thiophene rings is 1. The molecule has 1 saturated heterocycles. The molecule has 4 rings (SSSR count). The molecule has 6 nitrogen and oxygen atoms in total. The highest BCUT2D eigenvalue weighted by molar-refractivity contribution is 7.13. The molecule has 1 aliphatic rings. The second-order valence-electron chi connectivity index (χ2n) is 5.81. The maximum Gasteiger partial charge on any atom is 0.254 e. The molecule has 1 amide bonds. The molecule has 0 spiro atoms. The van der Waals surface area contributed by atoms with Crippen molar-refractivity contribution >= 4 is 17.2 Å². The monoisotopic (exact) mass is 339 g/mol. The Morgan fingerprint density at radius 3 is 2.88 bits per heavy atom. The molecule has 0 unspecified atom stereocenters. The number of amides is 1. The number of aromatic nitrogens is 4. The number of hydrogen-bond acceptors (Lipinski definition) is 5. The third kappa shape index (κ3) is 2.94. The molecule has 1 atom stereocenters. The quantitative estimate of drug-likeness (QED) is 0.733. The van der Waals surface area contributed by atoms with E-state index in [9.17, 15) is 4.79 Å². The summed E-state index contributed by atoms with van der Waals surface area (Å²) in [5, 5.41) is 14.7. The van der Waals surface area contributed by atoms with Gasteiger partial charge in [-0.2, -0.15) is 4.80 Å². The van der Waals surface area contributed by atoms with E-state index in [2.05, 4.69) is 15.4 Å². The molecule has 0 radical (unpaired) electrons. The topological polar surface area (TPSA) is 63.9 Å². The normalized spacial score (nSPS) is 17.3. The summed E-state index contributed by atoms with van der Waals surface area (Å²) in [6.45, 7) is 1.36. The van der Waals surface area contributed by atoms with Crippen molar-refractivity contribution in [2.24, 2.45) is 0 Å². The van der Waals surface area contributed by atoms with Crippen molar-refractivity contribution in [1.82, 2.24) is 25.1 Å². The van der Waals surface area contributed by atoms with E-state index in [1.54, 1.807) is 16.1 Å². The molecule has 1 aromatic carbocycles. The van der Waals surface area contributed by atoms with Gasteiger partial charge >= 0.3 is 0 Å². The number of tetrazole rings is 1. The van der Waals surface area contributed by atoms with E-state index < -0.39 is 0 Å². The van der Waals surface area contributed by atoms with Crippen LogP contribution in [0.25, 0.3) is 10.7 Å². The van der Waals surface area contributed by atoms with Gasteiger partial charge in [-0.1, -0.05) is 24.3 Å². The summed E-state index contributed by atoms with van der Waals surface area (Å²) in [6, 6.07) is 13.5. The molecule has 7 heteroatoms. The van der Waals surface area contributed by atoms with Gasteiger partial charge in [-0.25, -0.2) is 0 Å². The maximum absolute atomic E-state index is 12.7. The number of likely N-dealkylation sites (tertiary alicyclic amines) is 1. The summed E-state index contributed by atoms with van der Waals surface area (Å²) < 4.78 is 0. The summed E-state index contributed by atoms with van der Waals surface area (Å²) in [7, 11) is 0. The van der Waals surface area contributed by atoms with Crippen molar-refractivity contribution in [3.8, 4) is 10.7 Å². The number of hydrogen-bond donors (Lipinski definition) is 0. The molecule has 3 heterocycles. The molecule has 2 aromatic heterocycles. The fraction of sp³-hybridized carbons (Fsp3) is 0.294. The van der Waals surface area contributed by atoms with Crippen LogP contribution in [0.4, 0.5) is 0 Å². The Kier molecular flexibility index (Phi) is 4.08. The Labute approximate surface area is 143 Å². The second kappa shape index (κ2) is 6.52. The average molecular weight is 339 g/mol. The van der Waals surface area contributed by atoms with Crippen LogP contribution >= 0.6 is 11.3 Å². The summed E-state index contributed by atoms with van der Waals surface area (Å²) in [5.41, 5.74) is 0.732. The van der Waals surface area contributed by atoms with Crippen LogP contribution in [0, 0.1) is 0 Å². The molecular formula is C17H17N5OS. The number of nitrogens with zero attached hydrogens (tertiary/aromatic N) is 5. The zero-order valence-electron chi connectivity index (χ0n) is 13.1. The van der Waals surface area contributed by atoms with Crippen LogP contribution in [-0.2, 0) is 6.54 Å². The standard InChI is InChI=1S/C17H17N5OS/c23-17(13-6-2-1-3-7-13)21-10-4-8-14(21)12-22-19-16(18-20-22)15-9-5-11-24-15/h1-3,5-7,9,11,14H,4,8,10,12H2/t14-/m1/s1. The van der Waals surface area contributed by atoms with Crippen molar-refractivity contribution in [3.63, 3.8) is 0 Å². The largest absolute Gasteiger partial charge is 0.334 e. The van der Waals surface area contributed by atoms with Gasteiger partial charge in [0.2, 0.25) is 5.82 Å². The van der Waals surface area contributed by atoms with Gasteiger partial charge in [0.15, 0.2) is 0 Å². The Bertz CT molecular complexity index is 815. The lowest BCUT2D eigenvalue weighted by Crippen LogP contribution is -2.38. The van der Waals surface area contributed by atoms with Crippen molar-refractivity contribution in [3.05, 3.63) is 53.4 Å². The van der Waals surface area contributed by atoms with Crippen molar-refractivity contribution in [1.29, 1.82) is 0 Å². The summed E-state index contributed by atoms with van der Waals surface area (Å²) in [6.07, 6.45) is 1.98. The van der Waals surface area contributed by atoms with Gasteiger partial charge in [-0.05, 0) is 41.6 Å². The van der Waals surface area contributed by atoms with E-state index >= 15 is 0 Å². The summed E-state index contributed by atoms with van der Waals surface area (Å²) in [4.78, 5) is 17.2. The van der Waals surface area contributed by atoms with Gasteiger partial charge in [0.1, 0.15) is 0 Å². The molecule has 3 aromatic rings. The number of benzene rings is 1. The van der Waals surface area contributed by atoms with Gasteiger partial charge in [-0.15, -0.1) is 21.5 Å². The zero-order chi connectivity index (χ0) is 16.4. The van der Waals surface area contributed by atoms with E-state index in [1.165, 1.54) is 0 Å². The highest BCUT2D eigenvalue weighted by Crippen LogP contribution is 2.22. The van der Waals surface area contributed by atoms with E-state index in [4.69, 9.17) is 0 Å². The Balaban J connectivity index is 1.49. The first-order valence-corrected chi connectivity index (χ1v) is 8.87. The Morgan fingerprint density at radius 2 is 2.08 bits per heavy atom. The lowest BCUT2D eigenvalue weighted by atomic mass is 10.1. The van der Waals surface area contributed by atoms with E-state index in [0.717, 1.165) is 29.8 Å². The molecule has 0 bridgehead atoms. The van der Waals surface area contributed by atoms with Crippen molar-refractivity contribution < 1.29 is 4.79 Å². The van der Waals surface area contributed by atoms with Crippen LogP contribution < -0.4 is 0 Å². The minimum absolute atomic E-state index is 0.0803. The van der Waals surface area contributed by atoms with Crippen LogP contribution in [0.1, 0.15) is 23.2 Å². The Morgan fingerprint density at radius 1 is 1.21 bits per heavy atom. The van der Waals surface area contributed by atoms with Crippen LogP contribution in [0.2, 0.25) is 0 Å². The first kappa shape index (κ1) is 15.0. The average Bonchev–Trinajstić information content (AvgIpc) is 3.37. The Hall–Kier alpha value is -2.54. The minimum atomic E-state index is 0.0803. The van der Waals surface area contributed by atoms with Gasteiger partial charge in [-0.3, -0.25) is 4.79 Å². The number of carbonyl (C=O) groups excluding carboxylic acids is 1. The van der Waals surface area contributed by atoms with E-state index in [1.807, 2.05) is 52.7 Å². The van der Waals surface area contributed by atoms with Gasteiger partial charge in [0.25, 0.3) is 5.91 Å². The molecule has 0 saturated carbocycles. The fourth-order valence-corrected chi connectivity index (χ4v) is 3.70. The fourth-order valence-electron chi connectivity index (χ4n) is 3.05. The van der Waals surface area contributed by atoms with Crippen molar-refractivity contribution in [2.45, 2.75) is 25.4 Å². The molecular weight excluding hydrogens is 322 g/mol. The van der Waals surface area contributed by atoms with Crippen LogP contribution in [0.5, 0.6) is 0 Å². The number of rotatable bonds is 4. The lowest BCUT2D eigenvalue weighted by molar-refractivity contribution is 0.0718. The summed E-state index contributed by atoms with van der Waals surface area (Å²) in [5.74, 6) is 0.723. The van der Waals surface area contributed by atoms with Crippen LogP contribution in [-0.4, -0.2) is 43.6 Å². The molecule has 24 heavy (non-hydrogen) atoms. The number of carbonyl (C=O) groups is 1. The molecule has 0 aliphatic carbocycles. The zero-order valence-corrected chi connectivity index (χ0v) is 13.9. The smallest absolute Gasteiger partial charge is 0.254 e. The van der Waals surface area contributed by atoms with E-state index in [-0.39, 0.29) is 11.9 Å². The van der Waals surface area contributed by atoms with Crippen molar-refractivity contribution in [2.75, 3.05) is 6.54 Å². The predicted molar refractivity (Wildman–Crippen MR) is 91.6 cm³/mol. The molecule has 1 fully saturated rings. The highest BCUT2D eigenvalue weighted by Gasteiger charge is 2.30. The lowest BCUT2D eigenvalue weighted by Gasteiger charge is -2.24. The van der Waals surface area contributed by atoms with Gasteiger partial charge in [0.05, 0.1) is 17.5 Å². The van der Waals surface area contributed by atoms with Crippen LogP contribution in [0.15, 0.2) is 47.8 Å². The highest BCUT2D eigenvalue weighted by atomic mass is 32.1. The van der Waals surface area contributed by atoms with Gasteiger partial charge in [0, 0.05) is 12.1 Å². The minimum Gasteiger partial charge on any atom is -0.334 e. The first-order chi connectivity index (χ1) is 11.8. The second-order valence-corrected chi connectivity index (χ2v) is 6.75. The van der Waals surface area contributed by atoms with E-state index in [0.29, 0.717) is 12.4 Å². The molecule has 0 N–H and O–H groups in total. The third-order valence-electron chi connectivity index (χ3n) is 4.23. The summed E-state index contributed by atoms with van der Waals surface area (Å²) >= 11 is 1.59. The molecule has 1 aliphatic heterocycles.